The molecule has 0 radical (unpaired) electrons. The molecule has 1 aromatic heterocycles. The van der Waals surface area contributed by atoms with Crippen molar-refractivity contribution in [3.8, 4) is 0 Å². The first-order valence-electron chi connectivity index (χ1n) is 6.11. The number of nitrogens with two attached hydrogens (primary N) is 1. The van der Waals surface area contributed by atoms with Gasteiger partial charge in [0.2, 0.25) is 0 Å². The Morgan fingerprint density at radius 1 is 1.44 bits per heavy atom. The van der Waals surface area contributed by atoms with E-state index in [9.17, 15) is 4.79 Å². The van der Waals surface area contributed by atoms with Gasteiger partial charge >= 0.3 is 0 Å². The molecule has 0 spiro atoms. The summed E-state index contributed by atoms with van der Waals surface area (Å²) < 4.78 is 5.02. The quantitative estimate of drug-likeness (QED) is 0.779. The Kier molecular flexibility index (Phi) is 6.32. The van der Waals surface area contributed by atoms with Gasteiger partial charge in [-0.05, 0) is 32.0 Å². The van der Waals surface area contributed by atoms with E-state index in [4.69, 9.17) is 10.5 Å². The van der Waals surface area contributed by atoms with Crippen LogP contribution in [0.3, 0.4) is 0 Å². The zero-order valence-electron chi connectivity index (χ0n) is 11.1. The summed E-state index contributed by atoms with van der Waals surface area (Å²) in [5, 5.41) is 0. The van der Waals surface area contributed by atoms with Gasteiger partial charge in [0.15, 0.2) is 0 Å². The number of aromatic nitrogens is 1. The van der Waals surface area contributed by atoms with Crippen LogP contribution >= 0.6 is 0 Å². The van der Waals surface area contributed by atoms with Crippen LogP contribution in [0.25, 0.3) is 0 Å². The number of aryl methyl sites for hydroxylation is 1. The Balaban J connectivity index is 2.73. The lowest BCUT2D eigenvalue weighted by Gasteiger charge is -2.21. The molecule has 100 valence electrons. The predicted molar refractivity (Wildman–Crippen MR) is 70.4 cm³/mol. The standard InChI is InChI=1S/C13H21N3O2/c1-11-5-3-6-12(15-11)13(17)16(8-4-7-14)9-10-18-2/h3,5-6H,4,7-10,14H2,1-2H3. The van der Waals surface area contributed by atoms with Crippen molar-refractivity contribution < 1.29 is 9.53 Å². The van der Waals surface area contributed by atoms with Crippen molar-refractivity contribution in [2.75, 3.05) is 33.4 Å². The second kappa shape index (κ2) is 7.79. The molecule has 1 amide bonds. The van der Waals surface area contributed by atoms with Gasteiger partial charge in [0.1, 0.15) is 5.69 Å². The van der Waals surface area contributed by atoms with Crippen LogP contribution in [0, 0.1) is 6.92 Å². The van der Waals surface area contributed by atoms with Gasteiger partial charge in [-0.3, -0.25) is 4.79 Å². The maximum absolute atomic E-state index is 12.3. The summed E-state index contributed by atoms with van der Waals surface area (Å²) in [6, 6.07) is 5.45. The Morgan fingerprint density at radius 3 is 2.83 bits per heavy atom. The zero-order chi connectivity index (χ0) is 13.4. The summed E-state index contributed by atoms with van der Waals surface area (Å²) in [4.78, 5) is 18.3. The van der Waals surface area contributed by atoms with Crippen molar-refractivity contribution in [3.63, 3.8) is 0 Å². The van der Waals surface area contributed by atoms with Gasteiger partial charge in [0.25, 0.3) is 5.91 Å². The SMILES string of the molecule is COCCN(CCCN)C(=O)c1cccc(C)n1. The van der Waals surface area contributed by atoms with Crippen molar-refractivity contribution in [1.82, 2.24) is 9.88 Å². The molecule has 1 rings (SSSR count). The van der Waals surface area contributed by atoms with E-state index in [1.807, 2.05) is 19.1 Å². The van der Waals surface area contributed by atoms with E-state index in [-0.39, 0.29) is 5.91 Å². The summed E-state index contributed by atoms with van der Waals surface area (Å²) >= 11 is 0. The van der Waals surface area contributed by atoms with Gasteiger partial charge in [0.05, 0.1) is 6.61 Å². The minimum absolute atomic E-state index is 0.0656. The van der Waals surface area contributed by atoms with E-state index in [0.717, 1.165) is 12.1 Å². The Bertz CT molecular complexity index is 374. The molecule has 0 aliphatic heterocycles. The smallest absolute Gasteiger partial charge is 0.272 e. The maximum atomic E-state index is 12.3. The number of methoxy groups -OCH3 is 1. The Labute approximate surface area is 108 Å². The number of rotatable bonds is 7. The number of ether oxygens (including phenoxy) is 1. The van der Waals surface area contributed by atoms with Crippen molar-refractivity contribution >= 4 is 5.91 Å². The van der Waals surface area contributed by atoms with Crippen LogP contribution in [0.2, 0.25) is 0 Å². The van der Waals surface area contributed by atoms with Gasteiger partial charge in [-0.15, -0.1) is 0 Å². The first-order valence-corrected chi connectivity index (χ1v) is 6.11. The highest BCUT2D eigenvalue weighted by Gasteiger charge is 2.16. The van der Waals surface area contributed by atoms with E-state index in [2.05, 4.69) is 4.98 Å². The highest BCUT2D eigenvalue weighted by atomic mass is 16.5. The third-order valence-electron chi connectivity index (χ3n) is 2.59. The maximum Gasteiger partial charge on any atom is 0.272 e. The molecule has 1 heterocycles. The minimum atomic E-state index is -0.0656. The highest BCUT2D eigenvalue weighted by Crippen LogP contribution is 2.04. The molecule has 0 unspecified atom stereocenters. The van der Waals surface area contributed by atoms with Gasteiger partial charge in [-0.25, -0.2) is 4.98 Å². The van der Waals surface area contributed by atoms with Crippen molar-refractivity contribution in [1.29, 1.82) is 0 Å². The van der Waals surface area contributed by atoms with Crippen molar-refractivity contribution in [3.05, 3.63) is 29.6 Å². The number of hydrogen-bond donors (Lipinski definition) is 1. The second-order valence-electron chi connectivity index (χ2n) is 4.09. The molecular weight excluding hydrogens is 230 g/mol. The molecule has 18 heavy (non-hydrogen) atoms. The molecule has 0 saturated carbocycles. The topological polar surface area (TPSA) is 68.5 Å². The van der Waals surface area contributed by atoms with E-state index in [1.54, 1.807) is 18.1 Å². The van der Waals surface area contributed by atoms with Crippen LogP contribution in [0.5, 0.6) is 0 Å². The summed E-state index contributed by atoms with van der Waals surface area (Å²) in [6.07, 6.45) is 0.779. The van der Waals surface area contributed by atoms with Crippen LogP contribution in [-0.2, 0) is 4.74 Å². The molecule has 0 fully saturated rings. The molecule has 2 N–H and O–H groups in total. The fourth-order valence-corrected chi connectivity index (χ4v) is 1.62. The Morgan fingerprint density at radius 2 is 2.22 bits per heavy atom. The van der Waals surface area contributed by atoms with E-state index in [0.29, 0.717) is 31.9 Å². The summed E-state index contributed by atoms with van der Waals surface area (Å²) in [5.74, 6) is -0.0656. The van der Waals surface area contributed by atoms with Gasteiger partial charge in [-0.2, -0.15) is 0 Å². The monoisotopic (exact) mass is 251 g/mol. The fraction of sp³-hybridized carbons (Fsp3) is 0.538. The van der Waals surface area contributed by atoms with Crippen LogP contribution < -0.4 is 5.73 Å². The largest absolute Gasteiger partial charge is 0.383 e. The molecular formula is C13H21N3O2. The van der Waals surface area contributed by atoms with E-state index >= 15 is 0 Å². The number of carbonyl (C=O) groups is 1. The molecule has 0 aliphatic rings. The molecule has 0 aliphatic carbocycles. The number of carbonyl (C=O) groups excluding carboxylic acids is 1. The molecule has 0 aromatic carbocycles. The Hall–Kier alpha value is -1.46. The van der Waals surface area contributed by atoms with Crippen molar-refractivity contribution in [2.45, 2.75) is 13.3 Å². The summed E-state index contributed by atoms with van der Waals surface area (Å²) in [7, 11) is 1.62. The molecule has 0 atom stereocenters. The predicted octanol–water partition coefficient (Wildman–Crippen LogP) is 0.827. The van der Waals surface area contributed by atoms with Gasteiger partial charge in [0, 0.05) is 25.9 Å². The number of amides is 1. The minimum Gasteiger partial charge on any atom is -0.383 e. The molecule has 0 saturated heterocycles. The lowest BCUT2D eigenvalue weighted by Crippen LogP contribution is -2.36. The van der Waals surface area contributed by atoms with Crippen LogP contribution in [-0.4, -0.2) is 49.1 Å². The van der Waals surface area contributed by atoms with Gasteiger partial charge in [-0.1, -0.05) is 6.07 Å². The summed E-state index contributed by atoms with van der Waals surface area (Å²) in [6.45, 7) is 4.15. The third-order valence-corrected chi connectivity index (χ3v) is 2.59. The van der Waals surface area contributed by atoms with Gasteiger partial charge < -0.3 is 15.4 Å². The molecule has 0 bridgehead atoms. The van der Waals surface area contributed by atoms with Crippen LogP contribution in [0.4, 0.5) is 0 Å². The number of hydrogen-bond acceptors (Lipinski definition) is 4. The lowest BCUT2D eigenvalue weighted by atomic mass is 10.2. The normalized spacial score (nSPS) is 10.4. The second-order valence-corrected chi connectivity index (χ2v) is 4.09. The number of nitrogens with zero attached hydrogens (tertiary/aromatic N) is 2. The van der Waals surface area contributed by atoms with E-state index in [1.165, 1.54) is 0 Å². The van der Waals surface area contributed by atoms with Crippen LogP contribution in [0.1, 0.15) is 22.6 Å². The fourth-order valence-electron chi connectivity index (χ4n) is 1.62. The summed E-state index contributed by atoms with van der Waals surface area (Å²) in [5.41, 5.74) is 6.80. The zero-order valence-corrected chi connectivity index (χ0v) is 11.1. The third kappa shape index (κ3) is 4.43. The first kappa shape index (κ1) is 14.6. The number of pyridine rings is 1. The molecule has 1 aromatic rings. The first-order chi connectivity index (χ1) is 8.69. The van der Waals surface area contributed by atoms with Crippen molar-refractivity contribution in [2.24, 2.45) is 5.73 Å². The molecule has 5 heteroatoms. The molecule has 5 nitrogen and oxygen atoms in total. The lowest BCUT2D eigenvalue weighted by molar-refractivity contribution is 0.0688. The van der Waals surface area contributed by atoms with Crippen LogP contribution in [0.15, 0.2) is 18.2 Å². The average molecular weight is 251 g/mol. The highest BCUT2D eigenvalue weighted by molar-refractivity contribution is 5.92. The average Bonchev–Trinajstić information content (AvgIpc) is 2.38. The van der Waals surface area contributed by atoms with E-state index < -0.39 is 0 Å².